The fourth-order valence-electron chi connectivity index (χ4n) is 1.08. The van der Waals surface area contributed by atoms with Crippen molar-refractivity contribution in [2.24, 2.45) is 0 Å². The molecule has 1 aromatic rings. The molecule has 0 amide bonds. The Morgan fingerprint density at radius 3 is 2.81 bits per heavy atom. The van der Waals surface area contributed by atoms with Gasteiger partial charge in [-0.3, -0.25) is 4.79 Å². The average molecular weight is 263 g/mol. The molecule has 6 nitrogen and oxygen atoms in total. The van der Waals surface area contributed by atoms with E-state index in [1.54, 1.807) is 16.3 Å². The highest BCUT2D eigenvalue weighted by atomic mass is 32.2. The molecule has 1 heterocycles. The molecule has 0 aliphatic heterocycles. The third-order valence-electron chi connectivity index (χ3n) is 1.78. The lowest BCUT2D eigenvalue weighted by Crippen LogP contribution is -2.08. The smallest absolute Gasteiger partial charge is 0.313 e. The molecule has 0 aromatic carbocycles. The van der Waals surface area contributed by atoms with Crippen molar-refractivity contribution in [1.82, 2.24) is 14.8 Å². The van der Waals surface area contributed by atoms with Crippen LogP contribution < -0.4 is 0 Å². The van der Waals surface area contributed by atoms with Crippen molar-refractivity contribution in [2.45, 2.75) is 18.3 Å². The van der Waals surface area contributed by atoms with Gasteiger partial charge in [-0.15, -0.1) is 10.2 Å². The van der Waals surface area contributed by atoms with Gasteiger partial charge in [-0.2, -0.15) is 11.8 Å². The molecule has 0 radical (unpaired) electrons. The number of aromatic nitrogens is 3. The maximum Gasteiger partial charge on any atom is 0.313 e. The molecule has 90 valence electrons. The van der Waals surface area contributed by atoms with Crippen LogP contribution in [0.2, 0.25) is 0 Å². The van der Waals surface area contributed by atoms with Crippen molar-refractivity contribution < 1.29 is 15.0 Å². The fraction of sp³-hybridized carbons (Fsp3) is 0.625. The second-order valence-electron chi connectivity index (χ2n) is 2.88. The molecular weight excluding hydrogens is 250 g/mol. The molecule has 0 fully saturated rings. The zero-order valence-corrected chi connectivity index (χ0v) is 10.4. The Balaban J connectivity index is 2.73. The summed E-state index contributed by atoms with van der Waals surface area (Å²) in [5.41, 5.74) is 0. The van der Waals surface area contributed by atoms with Gasteiger partial charge in [0.05, 0.1) is 5.75 Å². The molecule has 0 bridgehead atoms. The van der Waals surface area contributed by atoms with Crippen molar-refractivity contribution in [3.05, 3.63) is 5.82 Å². The van der Waals surface area contributed by atoms with Crippen LogP contribution in [-0.4, -0.2) is 48.7 Å². The van der Waals surface area contributed by atoms with Crippen LogP contribution >= 0.6 is 23.5 Å². The van der Waals surface area contributed by atoms with Crippen molar-refractivity contribution in [2.75, 3.05) is 17.8 Å². The molecule has 0 aliphatic rings. The van der Waals surface area contributed by atoms with Crippen molar-refractivity contribution in [3.8, 4) is 0 Å². The number of hydrogen-bond acceptors (Lipinski definition) is 6. The zero-order chi connectivity index (χ0) is 12.0. The van der Waals surface area contributed by atoms with E-state index >= 15 is 0 Å². The van der Waals surface area contributed by atoms with Crippen molar-refractivity contribution in [1.29, 1.82) is 0 Å². The van der Waals surface area contributed by atoms with Crippen LogP contribution in [0.15, 0.2) is 5.16 Å². The summed E-state index contributed by atoms with van der Waals surface area (Å²) in [6.45, 7) is 0.487. The number of aliphatic hydroxyl groups excluding tert-OH is 1. The second kappa shape index (κ2) is 6.77. The van der Waals surface area contributed by atoms with Crippen LogP contribution in [0, 0.1) is 0 Å². The minimum atomic E-state index is -0.894. The number of thioether (sulfide) groups is 2. The monoisotopic (exact) mass is 263 g/mol. The molecule has 0 aliphatic carbocycles. The minimum absolute atomic E-state index is 0.0527. The Kier molecular flexibility index (Phi) is 5.64. The van der Waals surface area contributed by atoms with E-state index in [1.165, 1.54) is 0 Å². The first kappa shape index (κ1) is 13.3. The molecule has 0 atom stereocenters. The Morgan fingerprint density at radius 2 is 2.25 bits per heavy atom. The molecular formula is C8H13N3O3S2. The highest BCUT2D eigenvalue weighted by molar-refractivity contribution is 7.99. The number of aliphatic carboxylic acids is 1. The number of nitrogens with zero attached hydrogens (tertiary/aromatic N) is 3. The maximum absolute atomic E-state index is 10.4. The summed E-state index contributed by atoms with van der Waals surface area (Å²) in [7, 11) is 0. The van der Waals surface area contributed by atoms with Crippen LogP contribution in [0.1, 0.15) is 5.82 Å². The Morgan fingerprint density at radius 1 is 1.50 bits per heavy atom. The topological polar surface area (TPSA) is 88.2 Å². The fourth-order valence-corrected chi connectivity index (χ4v) is 2.14. The van der Waals surface area contributed by atoms with Gasteiger partial charge in [-0.1, -0.05) is 11.8 Å². The molecule has 16 heavy (non-hydrogen) atoms. The van der Waals surface area contributed by atoms with Crippen LogP contribution in [0.25, 0.3) is 0 Å². The van der Waals surface area contributed by atoms with Gasteiger partial charge >= 0.3 is 5.97 Å². The lowest BCUT2D eigenvalue weighted by atomic mass is 10.6. The largest absolute Gasteiger partial charge is 0.481 e. The predicted octanol–water partition coefficient (Wildman–Crippen LogP) is 0.310. The molecule has 0 saturated carbocycles. The number of carboxylic acid groups (broad SMARTS) is 1. The van der Waals surface area contributed by atoms with Gasteiger partial charge in [0.2, 0.25) is 0 Å². The summed E-state index contributed by atoms with van der Waals surface area (Å²) >= 11 is 2.78. The number of hydrogen-bond donors (Lipinski definition) is 2. The number of rotatable bonds is 7. The van der Waals surface area contributed by atoms with Gasteiger partial charge < -0.3 is 14.8 Å². The zero-order valence-electron chi connectivity index (χ0n) is 8.79. The van der Waals surface area contributed by atoms with Gasteiger partial charge in [0.1, 0.15) is 6.61 Å². The molecule has 1 aromatic heterocycles. The van der Waals surface area contributed by atoms with E-state index < -0.39 is 5.97 Å². The van der Waals surface area contributed by atoms with Gasteiger partial charge in [0, 0.05) is 12.3 Å². The van der Waals surface area contributed by atoms with Crippen LogP contribution in [0.3, 0.4) is 0 Å². The third-order valence-corrected chi connectivity index (χ3v) is 3.32. The summed E-state index contributed by atoms with van der Waals surface area (Å²) in [5, 5.41) is 25.8. The van der Waals surface area contributed by atoms with E-state index in [-0.39, 0.29) is 12.4 Å². The maximum atomic E-state index is 10.4. The standard InChI is InChI=1S/C8H13N3O3S2/c1-15-3-2-11-6(4-12)9-10-8(11)16-5-7(13)14/h12H,2-5H2,1H3,(H,13,14). The predicted molar refractivity (Wildman–Crippen MR) is 62.7 cm³/mol. The summed E-state index contributed by atoms with van der Waals surface area (Å²) in [6, 6.07) is 0. The number of carbonyl (C=O) groups is 1. The van der Waals surface area contributed by atoms with Gasteiger partial charge in [0.15, 0.2) is 11.0 Å². The lowest BCUT2D eigenvalue weighted by Gasteiger charge is -2.06. The van der Waals surface area contributed by atoms with E-state index in [9.17, 15) is 4.79 Å². The highest BCUT2D eigenvalue weighted by Gasteiger charge is 2.12. The van der Waals surface area contributed by atoms with E-state index in [0.29, 0.717) is 17.5 Å². The average Bonchev–Trinajstić information content (AvgIpc) is 2.65. The highest BCUT2D eigenvalue weighted by Crippen LogP contribution is 2.17. The summed E-state index contributed by atoms with van der Waals surface area (Å²) in [4.78, 5) is 10.4. The number of carboxylic acids is 1. The SMILES string of the molecule is CSCCn1c(CO)nnc1SCC(=O)O. The molecule has 0 unspecified atom stereocenters. The van der Waals surface area contributed by atoms with E-state index in [2.05, 4.69) is 10.2 Å². The number of aliphatic hydroxyl groups is 1. The van der Waals surface area contributed by atoms with Gasteiger partial charge in [-0.25, -0.2) is 0 Å². The summed E-state index contributed by atoms with van der Waals surface area (Å²) < 4.78 is 1.75. The minimum Gasteiger partial charge on any atom is -0.481 e. The van der Waals surface area contributed by atoms with E-state index in [1.807, 2.05) is 6.26 Å². The molecule has 8 heteroatoms. The Bertz CT molecular complexity index is 356. The van der Waals surface area contributed by atoms with Crippen molar-refractivity contribution in [3.63, 3.8) is 0 Å². The lowest BCUT2D eigenvalue weighted by molar-refractivity contribution is -0.133. The first-order valence-electron chi connectivity index (χ1n) is 4.55. The normalized spacial score (nSPS) is 10.6. The first-order valence-corrected chi connectivity index (χ1v) is 6.93. The van der Waals surface area contributed by atoms with Gasteiger partial charge in [0.25, 0.3) is 0 Å². The van der Waals surface area contributed by atoms with Crippen LogP contribution in [-0.2, 0) is 17.9 Å². The second-order valence-corrected chi connectivity index (χ2v) is 4.81. The summed E-state index contributed by atoms with van der Waals surface area (Å²) in [5.74, 6) is 0.394. The summed E-state index contributed by atoms with van der Waals surface area (Å²) in [6.07, 6.45) is 1.98. The quantitative estimate of drug-likeness (QED) is 0.684. The van der Waals surface area contributed by atoms with Crippen molar-refractivity contribution >= 4 is 29.5 Å². The van der Waals surface area contributed by atoms with Gasteiger partial charge in [-0.05, 0) is 6.26 Å². The van der Waals surface area contributed by atoms with Crippen LogP contribution in [0.4, 0.5) is 0 Å². The molecule has 1 rings (SSSR count). The third kappa shape index (κ3) is 3.69. The van der Waals surface area contributed by atoms with E-state index in [0.717, 1.165) is 17.5 Å². The Labute approximate surface area is 101 Å². The molecule has 2 N–H and O–H groups in total. The van der Waals surface area contributed by atoms with Crippen LogP contribution in [0.5, 0.6) is 0 Å². The Hall–Kier alpha value is -0.730. The molecule has 0 spiro atoms. The van der Waals surface area contributed by atoms with E-state index in [4.69, 9.17) is 10.2 Å². The molecule has 0 saturated heterocycles. The first-order chi connectivity index (χ1) is 7.69.